The third kappa shape index (κ3) is 3.35. The number of aromatic nitrogens is 2. The number of halogens is 1. The molecule has 1 aromatic rings. The summed E-state index contributed by atoms with van der Waals surface area (Å²) in [6, 6.07) is -0.625. The van der Waals surface area contributed by atoms with Crippen molar-refractivity contribution in [3.63, 3.8) is 0 Å². The number of hydrogen-bond donors (Lipinski definition) is 1. The predicted molar refractivity (Wildman–Crippen MR) is 54.2 cm³/mol. The molecular formula is C8H14ClN3O2. The Morgan fingerprint density at radius 1 is 1.79 bits per heavy atom. The largest absolute Gasteiger partial charge is 0.468 e. The van der Waals surface area contributed by atoms with E-state index in [0.717, 1.165) is 5.69 Å². The number of ether oxygens (including phenoxy) is 1. The Morgan fingerprint density at radius 3 is 2.86 bits per heavy atom. The van der Waals surface area contributed by atoms with Crippen molar-refractivity contribution >= 4 is 18.4 Å². The predicted octanol–water partition coefficient (Wildman–Crippen LogP) is -0.115. The van der Waals surface area contributed by atoms with Crippen LogP contribution in [-0.2, 0) is 23.0 Å². The molecule has 0 amide bonds. The van der Waals surface area contributed by atoms with Crippen molar-refractivity contribution < 1.29 is 9.53 Å². The van der Waals surface area contributed by atoms with Crippen LogP contribution in [-0.4, -0.2) is 28.7 Å². The highest BCUT2D eigenvalue weighted by Gasteiger charge is 2.15. The molecule has 0 radical (unpaired) electrons. The van der Waals surface area contributed by atoms with E-state index in [2.05, 4.69) is 9.72 Å². The monoisotopic (exact) mass is 219 g/mol. The molecule has 1 heterocycles. The molecule has 0 spiro atoms. The number of carbonyl (C=O) groups excluding carboxylic acids is 1. The Balaban J connectivity index is 0.00000169. The molecule has 0 saturated heterocycles. The lowest BCUT2D eigenvalue weighted by Gasteiger charge is -2.06. The van der Waals surface area contributed by atoms with E-state index < -0.39 is 12.0 Å². The van der Waals surface area contributed by atoms with Crippen LogP contribution >= 0.6 is 12.4 Å². The number of aryl methyl sites for hydroxylation is 1. The average Bonchev–Trinajstić information content (AvgIpc) is 2.49. The third-order valence-electron chi connectivity index (χ3n) is 1.69. The van der Waals surface area contributed by atoms with Crippen LogP contribution in [0, 0.1) is 0 Å². The van der Waals surface area contributed by atoms with E-state index in [9.17, 15) is 4.79 Å². The first-order valence-electron chi connectivity index (χ1n) is 3.93. The first kappa shape index (κ1) is 12.9. The number of imidazole rings is 1. The molecule has 0 aliphatic rings. The smallest absolute Gasteiger partial charge is 0.323 e. The lowest BCUT2D eigenvalue weighted by molar-refractivity contribution is -0.142. The van der Waals surface area contributed by atoms with Gasteiger partial charge in [0.1, 0.15) is 6.04 Å². The van der Waals surface area contributed by atoms with E-state index >= 15 is 0 Å². The van der Waals surface area contributed by atoms with Crippen LogP contribution < -0.4 is 5.73 Å². The summed E-state index contributed by atoms with van der Waals surface area (Å²) in [6.45, 7) is 0. The van der Waals surface area contributed by atoms with Crippen molar-refractivity contribution in [2.75, 3.05) is 7.11 Å². The topological polar surface area (TPSA) is 70.1 Å². The Labute approximate surface area is 88.7 Å². The lowest BCUT2D eigenvalue weighted by atomic mass is 10.2. The molecule has 0 aliphatic heterocycles. The molecule has 6 heteroatoms. The maximum absolute atomic E-state index is 10.9. The van der Waals surface area contributed by atoms with E-state index in [1.807, 2.05) is 13.2 Å². The summed E-state index contributed by atoms with van der Waals surface area (Å²) in [5.74, 6) is -0.411. The summed E-state index contributed by atoms with van der Waals surface area (Å²) < 4.78 is 6.30. The van der Waals surface area contributed by atoms with Gasteiger partial charge in [-0.2, -0.15) is 0 Å². The summed E-state index contributed by atoms with van der Waals surface area (Å²) in [4.78, 5) is 15.0. The Hall–Kier alpha value is -1.07. The summed E-state index contributed by atoms with van der Waals surface area (Å²) in [6.07, 6.45) is 3.90. The van der Waals surface area contributed by atoms with Crippen LogP contribution in [0.2, 0.25) is 0 Å². The minimum absolute atomic E-state index is 0. The number of carbonyl (C=O) groups is 1. The van der Waals surface area contributed by atoms with Gasteiger partial charge in [0.05, 0.1) is 19.1 Å². The molecule has 1 rings (SSSR count). The first-order valence-corrected chi connectivity index (χ1v) is 3.93. The van der Waals surface area contributed by atoms with Gasteiger partial charge in [-0.05, 0) is 0 Å². The molecule has 1 atom stereocenters. The minimum atomic E-state index is -0.625. The maximum atomic E-state index is 10.9. The van der Waals surface area contributed by atoms with Crippen molar-refractivity contribution in [2.45, 2.75) is 12.5 Å². The van der Waals surface area contributed by atoms with Crippen molar-refractivity contribution in [2.24, 2.45) is 12.8 Å². The summed E-state index contributed by atoms with van der Waals surface area (Å²) >= 11 is 0. The minimum Gasteiger partial charge on any atom is -0.468 e. The van der Waals surface area contributed by atoms with Gasteiger partial charge in [0, 0.05) is 19.7 Å². The van der Waals surface area contributed by atoms with E-state index in [-0.39, 0.29) is 12.4 Å². The highest BCUT2D eigenvalue weighted by atomic mass is 35.5. The molecule has 0 aliphatic carbocycles. The van der Waals surface area contributed by atoms with Gasteiger partial charge in [-0.3, -0.25) is 4.79 Å². The molecule has 80 valence electrons. The van der Waals surface area contributed by atoms with Crippen molar-refractivity contribution in [1.82, 2.24) is 9.55 Å². The van der Waals surface area contributed by atoms with Crippen molar-refractivity contribution in [3.8, 4) is 0 Å². The lowest BCUT2D eigenvalue weighted by Crippen LogP contribution is -2.33. The summed E-state index contributed by atoms with van der Waals surface area (Å²) in [5.41, 5.74) is 6.34. The fourth-order valence-electron chi connectivity index (χ4n) is 1.03. The summed E-state index contributed by atoms with van der Waals surface area (Å²) in [7, 11) is 3.18. The van der Waals surface area contributed by atoms with Gasteiger partial charge in [-0.1, -0.05) is 0 Å². The van der Waals surface area contributed by atoms with Gasteiger partial charge in [0.25, 0.3) is 0 Å². The molecule has 1 unspecified atom stereocenters. The number of nitrogens with zero attached hydrogens (tertiary/aromatic N) is 2. The molecular weight excluding hydrogens is 206 g/mol. The average molecular weight is 220 g/mol. The van der Waals surface area contributed by atoms with Gasteiger partial charge >= 0.3 is 5.97 Å². The van der Waals surface area contributed by atoms with E-state index in [4.69, 9.17) is 5.73 Å². The second-order valence-corrected chi connectivity index (χ2v) is 2.86. The standard InChI is InChI=1S/C8H13N3O2.ClH/c1-11-4-6(10-5-11)3-7(9)8(12)13-2;/h4-5,7H,3,9H2,1-2H3;1H. The van der Waals surface area contributed by atoms with Crippen LogP contribution in [0.4, 0.5) is 0 Å². The van der Waals surface area contributed by atoms with Gasteiger partial charge in [0.2, 0.25) is 0 Å². The molecule has 1 aromatic heterocycles. The maximum Gasteiger partial charge on any atom is 0.323 e. The van der Waals surface area contributed by atoms with Crippen LogP contribution in [0.5, 0.6) is 0 Å². The molecule has 0 saturated carbocycles. The van der Waals surface area contributed by atoms with Crippen LogP contribution in [0.3, 0.4) is 0 Å². The van der Waals surface area contributed by atoms with E-state index in [1.54, 1.807) is 10.9 Å². The SMILES string of the molecule is COC(=O)C(N)Cc1cn(C)cn1.Cl. The fourth-order valence-corrected chi connectivity index (χ4v) is 1.03. The number of methoxy groups -OCH3 is 1. The quantitative estimate of drug-likeness (QED) is 0.720. The van der Waals surface area contributed by atoms with Crippen LogP contribution in [0.15, 0.2) is 12.5 Å². The van der Waals surface area contributed by atoms with Crippen molar-refractivity contribution in [3.05, 3.63) is 18.2 Å². The third-order valence-corrected chi connectivity index (χ3v) is 1.69. The molecule has 0 bridgehead atoms. The van der Waals surface area contributed by atoms with E-state index in [1.165, 1.54) is 7.11 Å². The fraction of sp³-hybridized carbons (Fsp3) is 0.500. The molecule has 2 N–H and O–H groups in total. The number of nitrogens with two attached hydrogens (primary N) is 1. The zero-order valence-electron chi connectivity index (χ0n) is 8.14. The molecule has 0 aromatic carbocycles. The number of hydrogen-bond acceptors (Lipinski definition) is 4. The number of esters is 1. The first-order chi connectivity index (χ1) is 6.13. The van der Waals surface area contributed by atoms with E-state index in [0.29, 0.717) is 6.42 Å². The second kappa shape index (κ2) is 5.62. The van der Waals surface area contributed by atoms with Crippen molar-refractivity contribution in [1.29, 1.82) is 0 Å². The normalized spacial score (nSPS) is 11.6. The molecule has 14 heavy (non-hydrogen) atoms. The molecule has 5 nitrogen and oxygen atoms in total. The number of rotatable bonds is 3. The van der Waals surface area contributed by atoms with Crippen LogP contribution in [0.25, 0.3) is 0 Å². The van der Waals surface area contributed by atoms with Gasteiger partial charge < -0.3 is 15.0 Å². The van der Waals surface area contributed by atoms with Gasteiger partial charge in [-0.15, -0.1) is 12.4 Å². The van der Waals surface area contributed by atoms with Gasteiger partial charge in [-0.25, -0.2) is 4.98 Å². The Morgan fingerprint density at radius 2 is 2.43 bits per heavy atom. The second-order valence-electron chi connectivity index (χ2n) is 2.86. The highest BCUT2D eigenvalue weighted by molar-refractivity contribution is 5.85. The zero-order chi connectivity index (χ0) is 9.84. The Kier molecular flexibility index (Phi) is 5.19. The Bertz CT molecular complexity index is 301. The molecule has 0 fully saturated rings. The highest BCUT2D eigenvalue weighted by Crippen LogP contribution is 1.99. The van der Waals surface area contributed by atoms with Crippen LogP contribution in [0.1, 0.15) is 5.69 Å². The summed E-state index contributed by atoms with van der Waals surface area (Å²) in [5, 5.41) is 0. The zero-order valence-corrected chi connectivity index (χ0v) is 8.95. The van der Waals surface area contributed by atoms with Gasteiger partial charge in [0.15, 0.2) is 0 Å².